The fraction of sp³-hybridized carbons (Fsp3) is 0.0833. The number of anilines is 1. The van der Waals surface area contributed by atoms with Crippen LogP contribution >= 0.6 is 23.2 Å². The Hall–Kier alpha value is -1.70. The summed E-state index contributed by atoms with van der Waals surface area (Å²) in [5.74, 6) is -1.24. The van der Waals surface area contributed by atoms with Gasteiger partial charge in [0.25, 0.3) is 10.0 Å². The number of hydrogen-bond donors (Lipinski definition) is 3. The van der Waals surface area contributed by atoms with Crippen LogP contribution in [-0.2, 0) is 10.0 Å². The smallest absolute Gasteiger partial charge is 0.339 e. The molecule has 0 fully saturated rings. The summed E-state index contributed by atoms with van der Waals surface area (Å²) < 4.78 is 26.7. The van der Waals surface area contributed by atoms with Crippen molar-refractivity contribution in [2.45, 2.75) is 11.8 Å². The molecule has 9 heteroatoms. The van der Waals surface area contributed by atoms with Crippen molar-refractivity contribution >= 4 is 44.9 Å². The van der Waals surface area contributed by atoms with Crippen molar-refractivity contribution in [1.29, 1.82) is 0 Å². The Labute approximate surface area is 130 Å². The largest absolute Gasteiger partial charge is 0.478 e. The second kappa shape index (κ2) is 5.59. The maximum absolute atomic E-state index is 12.3. The third-order valence-electron chi connectivity index (χ3n) is 2.68. The molecule has 0 saturated heterocycles. The predicted octanol–water partition coefficient (Wildman–Crippen LogP) is 3.13. The Morgan fingerprint density at radius 3 is 2.33 bits per heavy atom. The number of carboxylic acid groups (broad SMARTS) is 1. The molecule has 0 bridgehead atoms. The Morgan fingerprint density at radius 2 is 1.81 bits per heavy atom. The second-order valence-electron chi connectivity index (χ2n) is 4.22. The highest BCUT2D eigenvalue weighted by Crippen LogP contribution is 2.26. The van der Waals surface area contributed by atoms with Crippen molar-refractivity contribution < 1.29 is 18.3 Å². The van der Waals surface area contributed by atoms with E-state index in [1.807, 2.05) is 0 Å². The molecule has 0 aliphatic carbocycles. The maximum atomic E-state index is 12.3. The Morgan fingerprint density at radius 1 is 1.24 bits per heavy atom. The van der Waals surface area contributed by atoms with Crippen LogP contribution in [0.25, 0.3) is 0 Å². The number of H-pyrrole nitrogens is 1. The number of benzene rings is 1. The molecule has 0 unspecified atom stereocenters. The summed E-state index contributed by atoms with van der Waals surface area (Å²) in [6.45, 7) is 1.53. The molecule has 112 valence electrons. The summed E-state index contributed by atoms with van der Waals surface area (Å²) in [5, 5.41) is 9.41. The lowest BCUT2D eigenvalue weighted by Crippen LogP contribution is -2.15. The number of carbonyl (C=O) groups is 1. The predicted molar refractivity (Wildman–Crippen MR) is 79.8 cm³/mol. The van der Waals surface area contributed by atoms with Crippen LogP contribution in [0.15, 0.2) is 29.3 Å². The van der Waals surface area contributed by atoms with Crippen molar-refractivity contribution in [2.24, 2.45) is 0 Å². The van der Waals surface area contributed by atoms with E-state index in [0.29, 0.717) is 5.69 Å². The first-order valence-electron chi connectivity index (χ1n) is 5.61. The van der Waals surface area contributed by atoms with E-state index >= 15 is 0 Å². The van der Waals surface area contributed by atoms with E-state index in [-0.39, 0.29) is 26.2 Å². The lowest BCUT2D eigenvalue weighted by molar-refractivity contribution is 0.0697. The zero-order chi connectivity index (χ0) is 15.8. The zero-order valence-corrected chi connectivity index (χ0v) is 13.0. The number of rotatable bonds is 4. The summed E-state index contributed by atoms with van der Waals surface area (Å²) >= 11 is 11.5. The summed E-state index contributed by atoms with van der Waals surface area (Å²) in [7, 11) is -4.00. The lowest BCUT2D eigenvalue weighted by Gasteiger charge is -2.08. The molecule has 6 nitrogen and oxygen atoms in total. The second-order valence-corrected chi connectivity index (χ2v) is 6.77. The van der Waals surface area contributed by atoms with Crippen LogP contribution in [0.1, 0.15) is 16.1 Å². The minimum Gasteiger partial charge on any atom is -0.478 e. The number of hydrogen-bond acceptors (Lipinski definition) is 3. The highest BCUT2D eigenvalue weighted by Gasteiger charge is 2.22. The molecule has 0 saturated carbocycles. The van der Waals surface area contributed by atoms with Gasteiger partial charge in [0, 0.05) is 21.9 Å². The molecule has 1 heterocycles. The summed E-state index contributed by atoms with van der Waals surface area (Å²) in [4.78, 5) is 13.6. The van der Waals surface area contributed by atoms with Crippen molar-refractivity contribution in [2.75, 3.05) is 4.72 Å². The monoisotopic (exact) mass is 348 g/mol. The molecule has 2 aromatic rings. The van der Waals surface area contributed by atoms with Crippen LogP contribution in [0.3, 0.4) is 0 Å². The third-order valence-corrected chi connectivity index (χ3v) is 4.46. The number of aromatic nitrogens is 1. The van der Waals surface area contributed by atoms with Gasteiger partial charge >= 0.3 is 5.97 Å². The van der Waals surface area contributed by atoms with Gasteiger partial charge in [-0.05, 0) is 25.1 Å². The molecule has 0 spiro atoms. The summed E-state index contributed by atoms with van der Waals surface area (Å²) in [6, 6.07) is 3.83. The Bertz CT molecular complexity index is 794. The quantitative estimate of drug-likeness (QED) is 0.790. The van der Waals surface area contributed by atoms with Gasteiger partial charge in [-0.3, -0.25) is 4.72 Å². The van der Waals surface area contributed by atoms with Gasteiger partial charge in [-0.2, -0.15) is 0 Å². The van der Waals surface area contributed by atoms with E-state index in [1.54, 1.807) is 0 Å². The number of sulfonamides is 1. The van der Waals surface area contributed by atoms with Gasteiger partial charge in [0.2, 0.25) is 0 Å². The SMILES string of the molecule is Cc1[nH]cc(NS(=O)(=O)c2cc(Cl)cc(Cl)c2)c1C(=O)O. The normalized spacial score (nSPS) is 11.4. The van der Waals surface area contributed by atoms with Crippen LogP contribution in [0.2, 0.25) is 10.0 Å². The van der Waals surface area contributed by atoms with Crippen molar-refractivity contribution in [3.63, 3.8) is 0 Å². The molecular weight excluding hydrogens is 339 g/mol. The standard InChI is InChI=1S/C12H10Cl2N2O4S/c1-6-11(12(17)18)10(5-15-6)16-21(19,20)9-3-7(13)2-8(14)4-9/h2-5,15-16H,1H3,(H,17,18). The molecule has 0 aliphatic rings. The van der Waals surface area contributed by atoms with Crippen LogP contribution in [0.4, 0.5) is 5.69 Å². The summed E-state index contributed by atoms with van der Waals surface area (Å²) in [6.07, 6.45) is 1.27. The third kappa shape index (κ3) is 3.31. The lowest BCUT2D eigenvalue weighted by atomic mass is 10.2. The molecule has 0 atom stereocenters. The molecule has 0 aliphatic heterocycles. The molecule has 1 aromatic carbocycles. The van der Waals surface area contributed by atoms with Gasteiger partial charge in [0.15, 0.2) is 0 Å². The van der Waals surface area contributed by atoms with Crippen LogP contribution in [-0.4, -0.2) is 24.5 Å². The van der Waals surface area contributed by atoms with Crippen molar-refractivity contribution in [1.82, 2.24) is 4.98 Å². The molecule has 1 aromatic heterocycles. The average molecular weight is 349 g/mol. The first-order valence-corrected chi connectivity index (χ1v) is 7.85. The zero-order valence-electron chi connectivity index (χ0n) is 10.6. The van der Waals surface area contributed by atoms with Gasteiger partial charge in [-0.15, -0.1) is 0 Å². The van der Waals surface area contributed by atoms with Crippen LogP contribution < -0.4 is 4.72 Å². The molecule has 21 heavy (non-hydrogen) atoms. The number of aryl methyl sites for hydroxylation is 1. The number of aromatic amines is 1. The number of nitrogens with one attached hydrogen (secondary N) is 2. The molecule has 3 N–H and O–H groups in total. The Balaban J connectivity index is 2.45. The fourth-order valence-corrected chi connectivity index (χ4v) is 3.56. The van der Waals surface area contributed by atoms with E-state index in [2.05, 4.69) is 9.71 Å². The highest BCUT2D eigenvalue weighted by atomic mass is 35.5. The first-order chi connectivity index (χ1) is 9.70. The molecule has 0 amide bonds. The molecule has 0 radical (unpaired) electrons. The highest BCUT2D eigenvalue weighted by molar-refractivity contribution is 7.92. The van der Waals surface area contributed by atoms with Crippen LogP contribution in [0.5, 0.6) is 0 Å². The average Bonchev–Trinajstić information content (AvgIpc) is 2.68. The molecular formula is C12H10Cl2N2O4S. The number of aromatic carboxylic acids is 1. The maximum Gasteiger partial charge on any atom is 0.339 e. The van der Waals surface area contributed by atoms with E-state index in [4.69, 9.17) is 28.3 Å². The van der Waals surface area contributed by atoms with E-state index in [0.717, 1.165) is 0 Å². The van der Waals surface area contributed by atoms with Gasteiger partial charge in [-0.1, -0.05) is 23.2 Å². The van der Waals surface area contributed by atoms with Gasteiger partial charge < -0.3 is 10.1 Å². The van der Waals surface area contributed by atoms with Gasteiger partial charge in [0.05, 0.1) is 10.6 Å². The van der Waals surface area contributed by atoms with Gasteiger partial charge in [-0.25, -0.2) is 13.2 Å². The summed E-state index contributed by atoms with van der Waals surface area (Å²) in [5.41, 5.74) is 0.132. The number of halogens is 2. The van der Waals surface area contributed by atoms with Crippen molar-refractivity contribution in [3.8, 4) is 0 Å². The molecule has 2 rings (SSSR count). The fourth-order valence-electron chi connectivity index (χ4n) is 1.77. The van der Waals surface area contributed by atoms with E-state index in [1.165, 1.54) is 31.3 Å². The minimum atomic E-state index is -4.00. The van der Waals surface area contributed by atoms with E-state index < -0.39 is 16.0 Å². The van der Waals surface area contributed by atoms with Crippen LogP contribution in [0, 0.1) is 6.92 Å². The van der Waals surface area contributed by atoms with E-state index in [9.17, 15) is 13.2 Å². The van der Waals surface area contributed by atoms with Crippen molar-refractivity contribution in [3.05, 3.63) is 45.7 Å². The minimum absolute atomic E-state index is 0.0592. The Kier molecular flexibility index (Phi) is 4.18. The van der Waals surface area contributed by atoms with Gasteiger partial charge in [0.1, 0.15) is 5.56 Å². The number of carboxylic acids is 1. The first kappa shape index (κ1) is 15.7. The topological polar surface area (TPSA) is 99.3 Å².